The predicted octanol–water partition coefficient (Wildman–Crippen LogP) is 4.25. The van der Waals surface area contributed by atoms with E-state index in [2.05, 4.69) is 35.2 Å². The molecule has 2 aliphatic heterocycles. The molecule has 35 heavy (non-hydrogen) atoms. The number of carboxylic acid groups (broad SMARTS) is 2. The number of carboxylic acids is 2. The normalized spacial score (nSPS) is 16.9. The molecule has 0 bridgehead atoms. The van der Waals surface area contributed by atoms with Crippen molar-refractivity contribution in [1.82, 2.24) is 4.90 Å². The molecule has 1 saturated heterocycles. The molecule has 8 heteroatoms. The molecule has 0 radical (unpaired) electrons. The molecule has 0 saturated carbocycles. The highest BCUT2D eigenvalue weighted by Crippen LogP contribution is 2.44. The van der Waals surface area contributed by atoms with Gasteiger partial charge in [-0.15, -0.1) is 0 Å². The van der Waals surface area contributed by atoms with E-state index in [-0.39, 0.29) is 0 Å². The van der Waals surface area contributed by atoms with E-state index >= 15 is 0 Å². The molecule has 1 fully saturated rings. The number of benzene rings is 3. The fraction of sp³-hybridized carbons (Fsp3) is 0.333. The van der Waals surface area contributed by atoms with Crippen LogP contribution in [0.4, 0.5) is 0 Å². The Morgan fingerprint density at radius 3 is 2.09 bits per heavy atom. The van der Waals surface area contributed by atoms with Gasteiger partial charge in [0.15, 0.2) is 11.5 Å². The Balaban J connectivity index is 0.000000314. The van der Waals surface area contributed by atoms with Gasteiger partial charge in [0, 0.05) is 24.7 Å². The van der Waals surface area contributed by atoms with Gasteiger partial charge in [-0.05, 0) is 82.7 Å². The zero-order valence-electron chi connectivity index (χ0n) is 20.0. The second kappa shape index (κ2) is 10.2. The molecule has 2 aliphatic rings. The van der Waals surface area contributed by atoms with Crippen LogP contribution in [0.15, 0.2) is 42.5 Å². The second-order valence-electron chi connectivity index (χ2n) is 8.60. The minimum absolute atomic E-state index is 0.558. The monoisotopic (exact) mass is 479 g/mol. The largest absolute Gasteiger partial charge is 0.497 e. The van der Waals surface area contributed by atoms with Crippen molar-refractivity contribution < 1.29 is 34.0 Å². The lowest BCUT2D eigenvalue weighted by Gasteiger charge is -2.33. The van der Waals surface area contributed by atoms with Crippen molar-refractivity contribution in [3.05, 3.63) is 53.6 Å². The molecule has 0 spiro atoms. The first-order valence-corrected chi connectivity index (χ1v) is 11.4. The number of methoxy groups -OCH3 is 3. The van der Waals surface area contributed by atoms with E-state index in [1.54, 1.807) is 21.3 Å². The van der Waals surface area contributed by atoms with Crippen molar-refractivity contribution in [3.63, 3.8) is 0 Å². The van der Waals surface area contributed by atoms with Crippen LogP contribution in [0.3, 0.4) is 0 Å². The molecule has 184 valence electrons. The molecular weight excluding hydrogens is 450 g/mol. The van der Waals surface area contributed by atoms with Crippen LogP contribution in [-0.2, 0) is 22.6 Å². The van der Waals surface area contributed by atoms with Crippen LogP contribution >= 0.6 is 0 Å². The molecule has 3 aromatic rings. The van der Waals surface area contributed by atoms with E-state index in [0.29, 0.717) is 18.2 Å². The minimum atomic E-state index is -1.26. The van der Waals surface area contributed by atoms with Gasteiger partial charge in [-0.25, -0.2) is 9.59 Å². The molecule has 1 atom stereocenters. The van der Waals surface area contributed by atoms with Gasteiger partial charge in [-0.2, -0.15) is 0 Å². The third-order valence-electron chi connectivity index (χ3n) is 6.72. The summed E-state index contributed by atoms with van der Waals surface area (Å²) in [6.45, 7) is 2.23. The van der Waals surface area contributed by atoms with E-state index in [4.69, 9.17) is 24.4 Å². The van der Waals surface area contributed by atoms with Crippen LogP contribution in [0.2, 0.25) is 0 Å². The Labute approximate surface area is 203 Å². The van der Waals surface area contributed by atoms with Crippen LogP contribution in [0, 0.1) is 0 Å². The summed E-state index contributed by atoms with van der Waals surface area (Å²) in [6.07, 6.45) is 4.85. The number of fused-ring (bicyclic) bond motifs is 7. The topological polar surface area (TPSA) is 106 Å². The third kappa shape index (κ3) is 4.88. The van der Waals surface area contributed by atoms with Gasteiger partial charge >= 0.3 is 11.9 Å². The first kappa shape index (κ1) is 24.3. The maximum Gasteiger partial charge on any atom is 0.328 e. The van der Waals surface area contributed by atoms with E-state index in [0.717, 1.165) is 30.2 Å². The molecule has 2 heterocycles. The number of rotatable bonds is 5. The van der Waals surface area contributed by atoms with Gasteiger partial charge in [0.1, 0.15) is 5.75 Å². The SMILES string of the molecule is COc1ccc2c3c(c4cc(OC)c(OC)cc4c2c1)CN1CCC[C@H]1C3.O=C(O)/C=C/C(=O)O. The van der Waals surface area contributed by atoms with Gasteiger partial charge in [0.2, 0.25) is 0 Å². The number of ether oxygens (including phenoxy) is 3. The van der Waals surface area contributed by atoms with Crippen molar-refractivity contribution in [1.29, 1.82) is 0 Å². The van der Waals surface area contributed by atoms with Crippen molar-refractivity contribution in [2.45, 2.75) is 31.8 Å². The molecule has 0 aromatic heterocycles. The molecule has 0 aliphatic carbocycles. The van der Waals surface area contributed by atoms with Crippen LogP contribution in [0.5, 0.6) is 17.2 Å². The Morgan fingerprint density at radius 1 is 0.857 bits per heavy atom. The molecule has 0 unspecified atom stereocenters. The average Bonchev–Trinajstić information content (AvgIpc) is 3.33. The standard InChI is InChI=1S/C23H25NO3.C4H4O4/c1-25-15-6-7-16-17-9-14-5-4-8-24(14)13-21(17)20-12-23(27-3)22(26-2)11-19(20)18(16)10-15;5-3(6)1-2-4(7)8/h6-7,10-12,14H,4-5,8-9,13H2,1-3H3;1-2H,(H,5,6)(H,7,8)/b;2-1+/t14-;/m0./s1. The Bertz CT molecular complexity index is 1300. The predicted molar refractivity (Wildman–Crippen MR) is 133 cm³/mol. The van der Waals surface area contributed by atoms with Crippen LogP contribution < -0.4 is 14.2 Å². The smallest absolute Gasteiger partial charge is 0.328 e. The summed E-state index contributed by atoms with van der Waals surface area (Å²) < 4.78 is 16.7. The van der Waals surface area contributed by atoms with Crippen molar-refractivity contribution in [2.75, 3.05) is 27.9 Å². The maximum atomic E-state index is 9.55. The first-order chi connectivity index (χ1) is 16.9. The average molecular weight is 480 g/mol. The van der Waals surface area contributed by atoms with Gasteiger partial charge in [0.25, 0.3) is 0 Å². The fourth-order valence-electron chi connectivity index (χ4n) is 5.14. The summed E-state index contributed by atoms with van der Waals surface area (Å²) in [5, 5.41) is 20.7. The number of hydrogen-bond donors (Lipinski definition) is 2. The number of carbonyl (C=O) groups is 2. The zero-order valence-corrected chi connectivity index (χ0v) is 20.0. The summed E-state index contributed by atoms with van der Waals surface area (Å²) in [5.74, 6) is -0.0708. The third-order valence-corrected chi connectivity index (χ3v) is 6.72. The molecule has 5 rings (SSSR count). The number of aliphatic carboxylic acids is 2. The van der Waals surface area contributed by atoms with Crippen LogP contribution in [-0.4, -0.2) is 61.0 Å². The van der Waals surface area contributed by atoms with Gasteiger partial charge in [-0.3, -0.25) is 4.90 Å². The molecule has 0 amide bonds. The quantitative estimate of drug-likeness (QED) is 0.413. The van der Waals surface area contributed by atoms with Crippen LogP contribution in [0.1, 0.15) is 24.0 Å². The summed E-state index contributed by atoms with van der Waals surface area (Å²) in [6, 6.07) is 11.4. The molecule has 2 N–H and O–H groups in total. The zero-order chi connectivity index (χ0) is 25.1. The molecular formula is C27H29NO7. The first-order valence-electron chi connectivity index (χ1n) is 11.4. The van der Waals surface area contributed by atoms with Crippen molar-refractivity contribution in [2.24, 2.45) is 0 Å². The van der Waals surface area contributed by atoms with Crippen molar-refractivity contribution in [3.8, 4) is 17.2 Å². The summed E-state index contributed by atoms with van der Waals surface area (Å²) in [4.78, 5) is 21.8. The summed E-state index contributed by atoms with van der Waals surface area (Å²) >= 11 is 0. The summed E-state index contributed by atoms with van der Waals surface area (Å²) in [5.41, 5.74) is 2.94. The van der Waals surface area contributed by atoms with Crippen LogP contribution in [0.25, 0.3) is 21.5 Å². The molecule has 8 nitrogen and oxygen atoms in total. The highest BCUT2D eigenvalue weighted by Gasteiger charge is 2.32. The van der Waals surface area contributed by atoms with E-state index in [9.17, 15) is 9.59 Å². The van der Waals surface area contributed by atoms with E-state index in [1.165, 1.54) is 52.1 Å². The lowest BCUT2D eigenvalue weighted by Crippen LogP contribution is -2.35. The Morgan fingerprint density at radius 2 is 1.49 bits per heavy atom. The van der Waals surface area contributed by atoms with Gasteiger partial charge < -0.3 is 24.4 Å². The minimum Gasteiger partial charge on any atom is -0.497 e. The Kier molecular flexibility index (Phi) is 7.12. The Hall–Kier alpha value is -3.78. The maximum absolute atomic E-state index is 9.55. The van der Waals surface area contributed by atoms with Crippen molar-refractivity contribution >= 4 is 33.5 Å². The van der Waals surface area contributed by atoms with Gasteiger partial charge in [-0.1, -0.05) is 6.07 Å². The highest BCUT2D eigenvalue weighted by atomic mass is 16.5. The lowest BCUT2D eigenvalue weighted by molar-refractivity contribution is -0.134. The number of hydrogen-bond acceptors (Lipinski definition) is 6. The van der Waals surface area contributed by atoms with Gasteiger partial charge in [0.05, 0.1) is 21.3 Å². The molecule has 3 aromatic carbocycles. The van der Waals surface area contributed by atoms with E-state index < -0.39 is 11.9 Å². The highest BCUT2D eigenvalue weighted by molar-refractivity contribution is 6.12. The lowest BCUT2D eigenvalue weighted by atomic mass is 9.85. The van der Waals surface area contributed by atoms with E-state index in [1.807, 2.05) is 0 Å². The second-order valence-corrected chi connectivity index (χ2v) is 8.60. The fourth-order valence-corrected chi connectivity index (χ4v) is 5.14. The summed E-state index contributed by atoms with van der Waals surface area (Å²) in [7, 11) is 5.12. The number of nitrogens with zero attached hydrogens (tertiary/aromatic N) is 1.